The molecule has 1 aromatic heterocycles. The Morgan fingerprint density at radius 1 is 1.27 bits per heavy atom. The molecule has 0 spiro atoms. The van der Waals surface area contributed by atoms with E-state index in [0.717, 1.165) is 5.03 Å². The number of aromatic nitrogens is 1. The molecule has 0 radical (unpaired) electrons. The van der Waals surface area contributed by atoms with E-state index in [2.05, 4.69) is 48.1 Å². The third kappa shape index (κ3) is 2.71. The summed E-state index contributed by atoms with van der Waals surface area (Å²) >= 11 is 3.17. The number of fused-ring (bicyclic) bond motifs is 1. The molecule has 0 atom stereocenters. The summed E-state index contributed by atoms with van der Waals surface area (Å²) in [7, 11) is 0. The van der Waals surface area contributed by atoms with E-state index in [1.165, 1.54) is 10.1 Å². The van der Waals surface area contributed by atoms with Gasteiger partial charge in [-0.3, -0.25) is 4.72 Å². The highest BCUT2D eigenvalue weighted by molar-refractivity contribution is 7.97. The monoisotopic (exact) mass is 238 g/mol. The molecule has 0 unspecified atom stereocenters. The molecule has 0 aliphatic heterocycles. The van der Waals surface area contributed by atoms with E-state index in [9.17, 15) is 0 Å². The van der Waals surface area contributed by atoms with Gasteiger partial charge in [-0.2, -0.15) is 4.37 Å². The van der Waals surface area contributed by atoms with E-state index < -0.39 is 0 Å². The fourth-order valence-corrected chi connectivity index (χ4v) is 2.84. The molecule has 1 aromatic carbocycles. The fraction of sp³-hybridized carbons (Fsp3) is 0.364. The highest BCUT2D eigenvalue weighted by Gasteiger charge is 2.12. The topological polar surface area (TPSA) is 24.9 Å². The SMILES string of the molecule is CC(C)(C)NSc1nsc2ccccc12. The molecule has 2 aromatic rings. The van der Waals surface area contributed by atoms with Crippen LogP contribution in [0, 0.1) is 0 Å². The van der Waals surface area contributed by atoms with Crippen molar-refractivity contribution in [1.29, 1.82) is 0 Å². The number of nitrogens with one attached hydrogen (secondary N) is 1. The van der Waals surface area contributed by atoms with Crippen LogP contribution in [0.4, 0.5) is 0 Å². The van der Waals surface area contributed by atoms with Crippen molar-refractivity contribution < 1.29 is 0 Å². The van der Waals surface area contributed by atoms with Gasteiger partial charge >= 0.3 is 0 Å². The van der Waals surface area contributed by atoms with E-state index in [4.69, 9.17) is 0 Å². The minimum absolute atomic E-state index is 0.107. The van der Waals surface area contributed by atoms with Gasteiger partial charge in [0.05, 0.1) is 4.70 Å². The molecule has 2 rings (SSSR count). The van der Waals surface area contributed by atoms with Gasteiger partial charge in [0, 0.05) is 10.9 Å². The van der Waals surface area contributed by atoms with Gasteiger partial charge in [-0.15, -0.1) is 0 Å². The van der Waals surface area contributed by atoms with Gasteiger partial charge in [-0.05, 0) is 50.3 Å². The zero-order chi connectivity index (χ0) is 10.9. The van der Waals surface area contributed by atoms with Crippen LogP contribution in [0.25, 0.3) is 10.1 Å². The van der Waals surface area contributed by atoms with Gasteiger partial charge < -0.3 is 0 Å². The molecule has 1 heterocycles. The minimum Gasteiger partial charge on any atom is -0.253 e. The summed E-state index contributed by atoms with van der Waals surface area (Å²) in [5, 5.41) is 2.31. The quantitative estimate of drug-likeness (QED) is 0.808. The van der Waals surface area contributed by atoms with Gasteiger partial charge in [0.15, 0.2) is 0 Å². The maximum Gasteiger partial charge on any atom is 0.133 e. The van der Waals surface area contributed by atoms with Crippen LogP contribution in [0.3, 0.4) is 0 Å². The average Bonchev–Trinajstić information content (AvgIpc) is 2.57. The van der Waals surface area contributed by atoms with Gasteiger partial charge in [-0.25, -0.2) is 0 Å². The lowest BCUT2D eigenvalue weighted by Gasteiger charge is -2.18. The molecule has 0 bridgehead atoms. The number of hydrogen-bond acceptors (Lipinski definition) is 4. The zero-order valence-corrected chi connectivity index (χ0v) is 10.7. The summed E-state index contributed by atoms with van der Waals surface area (Å²) in [6.45, 7) is 6.44. The number of hydrogen-bond donors (Lipinski definition) is 1. The van der Waals surface area contributed by atoms with Crippen LogP contribution in [0.15, 0.2) is 29.3 Å². The number of rotatable bonds is 2. The summed E-state index contributed by atoms with van der Waals surface area (Å²) in [5.74, 6) is 0. The van der Waals surface area contributed by atoms with Crippen LogP contribution in [-0.2, 0) is 0 Å². The molecule has 80 valence electrons. The first-order valence-corrected chi connectivity index (χ1v) is 6.44. The summed E-state index contributed by atoms with van der Waals surface area (Å²) in [6.07, 6.45) is 0. The van der Waals surface area contributed by atoms with Crippen molar-refractivity contribution in [3.05, 3.63) is 24.3 Å². The second-order valence-corrected chi connectivity index (χ2v) is 6.04. The second-order valence-electron chi connectivity index (χ2n) is 4.44. The molecule has 1 N–H and O–H groups in total. The van der Waals surface area contributed by atoms with Gasteiger partial charge in [-0.1, -0.05) is 18.2 Å². The third-order valence-corrected chi connectivity index (χ3v) is 3.96. The van der Waals surface area contributed by atoms with E-state index in [1.807, 2.05) is 6.07 Å². The molecule has 0 fully saturated rings. The van der Waals surface area contributed by atoms with Crippen molar-refractivity contribution in [1.82, 2.24) is 9.10 Å². The highest BCUT2D eigenvalue weighted by atomic mass is 32.2. The van der Waals surface area contributed by atoms with E-state index in [-0.39, 0.29) is 5.54 Å². The van der Waals surface area contributed by atoms with Crippen molar-refractivity contribution in [2.75, 3.05) is 0 Å². The number of benzene rings is 1. The van der Waals surface area contributed by atoms with Crippen LogP contribution < -0.4 is 4.72 Å². The predicted octanol–water partition coefficient (Wildman–Crippen LogP) is 3.69. The molecule has 0 aliphatic carbocycles. The Kier molecular flexibility index (Phi) is 3.00. The second kappa shape index (κ2) is 4.12. The van der Waals surface area contributed by atoms with Crippen molar-refractivity contribution in [2.24, 2.45) is 0 Å². The lowest BCUT2D eigenvalue weighted by Crippen LogP contribution is -2.29. The molecule has 0 saturated heterocycles. The Bertz CT molecular complexity index is 457. The summed E-state index contributed by atoms with van der Waals surface area (Å²) in [4.78, 5) is 0. The van der Waals surface area contributed by atoms with Gasteiger partial charge in [0.2, 0.25) is 0 Å². The molecule has 0 saturated carbocycles. The van der Waals surface area contributed by atoms with Gasteiger partial charge in [0.1, 0.15) is 5.03 Å². The van der Waals surface area contributed by atoms with Crippen LogP contribution in [0.2, 0.25) is 0 Å². The normalized spacial score (nSPS) is 12.2. The van der Waals surface area contributed by atoms with Crippen LogP contribution >= 0.6 is 23.5 Å². The fourth-order valence-electron chi connectivity index (χ4n) is 1.14. The van der Waals surface area contributed by atoms with Crippen molar-refractivity contribution in [2.45, 2.75) is 31.3 Å². The molecule has 2 nitrogen and oxygen atoms in total. The maximum absolute atomic E-state index is 4.44. The molecular formula is C11H14N2S2. The summed E-state index contributed by atoms with van der Waals surface area (Å²) in [6, 6.07) is 8.32. The zero-order valence-electron chi connectivity index (χ0n) is 9.07. The minimum atomic E-state index is 0.107. The van der Waals surface area contributed by atoms with Crippen molar-refractivity contribution in [3.8, 4) is 0 Å². The highest BCUT2D eigenvalue weighted by Crippen LogP contribution is 2.29. The first-order chi connectivity index (χ1) is 7.06. The van der Waals surface area contributed by atoms with E-state index in [0.29, 0.717) is 0 Å². The largest absolute Gasteiger partial charge is 0.253 e. The van der Waals surface area contributed by atoms with E-state index in [1.54, 1.807) is 23.5 Å². The lowest BCUT2D eigenvalue weighted by molar-refractivity contribution is 0.535. The van der Waals surface area contributed by atoms with Crippen LogP contribution in [0.5, 0.6) is 0 Å². The first-order valence-electron chi connectivity index (χ1n) is 4.85. The van der Waals surface area contributed by atoms with E-state index >= 15 is 0 Å². The smallest absolute Gasteiger partial charge is 0.133 e. The van der Waals surface area contributed by atoms with Crippen LogP contribution in [-0.4, -0.2) is 9.91 Å². The first kappa shape index (κ1) is 10.9. The molecule has 0 amide bonds. The molecule has 0 aliphatic rings. The van der Waals surface area contributed by atoms with Crippen molar-refractivity contribution in [3.63, 3.8) is 0 Å². The van der Waals surface area contributed by atoms with Crippen LogP contribution in [0.1, 0.15) is 20.8 Å². The molecular weight excluding hydrogens is 224 g/mol. The maximum atomic E-state index is 4.44. The summed E-state index contributed by atoms with van der Waals surface area (Å²) in [5.41, 5.74) is 0.107. The Morgan fingerprint density at radius 3 is 2.73 bits per heavy atom. The Hall–Kier alpha value is -0.580. The number of nitrogens with zero attached hydrogens (tertiary/aromatic N) is 1. The van der Waals surface area contributed by atoms with Crippen molar-refractivity contribution >= 4 is 33.6 Å². The Labute approximate surface area is 98.4 Å². The molecule has 15 heavy (non-hydrogen) atoms. The Morgan fingerprint density at radius 2 is 2.00 bits per heavy atom. The average molecular weight is 238 g/mol. The Balaban J connectivity index is 2.22. The summed E-state index contributed by atoms with van der Waals surface area (Å²) < 4.78 is 9.06. The molecule has 4 heteroatoms. The standard InChI is InChI=1S/C11H14N2S2/c1-11(2,3)13-15-10-8-6-4-5-7-9(8)14-12-10/h4-7,13H,1-3H3. The third-order valence-electron chi connectivity index (χ3n) is 1.80. The van der Waals surface area contributed by atoms with Gasteiger partial charge in [0.25, 0.3) is 0 Å². The predicted molar refractivity (Wildman–Crippen MR) is 68.4 cm³/mol. The lowest BCUT2D eigenvalue weighted by atomic mass is 10.1.